The van der Waals surface area contributed by atoms with Crippen molar-refractivity contribution in [1.82, 2.24) is 5.32 Å². The quantitative estimate of drug-likeness (QED) is 0.395. The summed E-state index contributed by atoms with van der Waals surface area (Å²) >= 11 is 0. The van der Waals surface area contributed by atoms with Gasteiger partial charge in [0.15, 0.2) is 5.84 Å². The van der Waals surface area contributed by atoms with E-state index in [1.807, 2.05) is 0 Å². The fourth-order valence-corrected chi connectivity index (χ4v) is 0.626. The first-order valence-electron chi connectivity index (χ1n) is 4.17. The van der Waals surface area contributed by atoms with Gasteiger partial charge >= 0.3 is 6.09 Å². The maximum absolute atomic E-state index is 11.1. The first-order chi connectivity index (χ1) is 6.35. The van der Waals surface area contributed by atoms with Crippen LogP contribution in [0.5, 0.6) is 0 Å². The number of carbonyl (C=O) groups is 1. The lowest BCUT2D eigenvalue weighted by Crippen LogP contribution is -2.37. The first-order valence-corrected chi connectivity index (χ1v) is 4.17. The van der Waals surface area contributed by atoms with Crippen LogP contribution in [0.3, 0.4) is 0 Å². The number of nitrogens with one attached hydrogen (secondary N) is 1. The Morgan fingerprint density at radius 2 is 2.07 bits per heavy atom. The molecule has 0 aromatic carbocycles. The normalized spacial score (nSPS) is 12.1. The summed E-state index contributed by atoms with van der Waals surface area (Å²) in [6.07, 6.45) is -0.535. The van der Waals surface area contributed by atoms with Crippen LogP contribution in [0.2, 0.25) is 0 Å². The average molecular weight is 203 g/mol. The van der Waals surface area contributed by atoms with Gasteiger partial charge < -0.3 is 20.6 Å². The fourth-order valence-electron chi connectivity index (χ4n) is 0.626. The second-order valence-electron chi connectivity index (χ2n) is 3.62. The van der Waals surface area contributed by atoms with E-state index in [0.29, 0.717) is 0 Å². The fraction of sp³-hybridized carbons (Fsp3) is 0.750. The molecule has 0 rings (SSSR count). The molecule has 14 heavy (non-hydrogen) atoms. The number of rotatable bonds is 3. The third kappa shape index (κ3) is 7.20. The summed E-state index contributed by atoms with van der Waals surface area (Å²) in [5.74, 6) is 0.179. The topological polar surface area (TPSA) is 85.9 Å². The summed E-state index contributed by atoms with van der Waals surface area (Å²) in [4.78, 5) is 15.5. The highest BCUT2D eigenvalue weighted by atomic mass is 16.6. The van der Waals surface area contributed by atoms with Gasteiger partial charge in [0.2, 0.25) is 0 Å². The Morgan fingerprint density at radius 1 is 1.50 bits per heavy atom. The van der Waals surface area contributed by atoms with E-state index < -0.39 is 11.7 Å². The van der Waals surface area contributed by atoms with E-state index in [0.717, 1.165) is 0 Å². The van der Waals surface area contributed by atoms with Gasteiger partial charge in [-0.3, -0.25) is 0 Å². The summed E-state index contributed by atoms with van der Waals surface area (Å²) in [5.41, 5.74) is 4.83. The predicted octanol–water partition coefficient (Wildman–Crippen LogP) is 0.430. The van der Waals surface area contributed by atoms with Crippen LogP contribution in [0.15, 0.2) is 5.16 Å². The molecule has 0 bridgehead atoms. The van der Waals surface area contributed by atoms with Crippen LogP contribution in [0.4, 0.5) is 4.79 Å². The van der Waals surface area contributed by atoms with Gasteiger partial charge in [0.05, 0.1) is 6.54 Å². The largest absolute Gasteiger partial charge is 0.444 e. The highest BCUT2D eigenvalue weighted by Gasteiger charge is 2.15. The molecule has 0 saturated heterocycles. The molecule has 0 aliphatic heterocycles. The van der Waals surface area contributed by atoms with E-state index in [2.05, 4.69) is 15.3 Å². The number of ether oxygens (including phenoxy) is 1. The van der Waals surface area contributed by atoms with Crippen LogP contribution < -0.4 is 11.1 Å². The molecule has 0 aliphatic carbocycles. The number of nitrogens with zero attached hydrogens (tertiary/aromatic N) is 1. The summed E-state index contributed by atoms with van der Waals surface area (Å²) in [6, 6.07) is 0. The Labute approximate surface area is 83.4 Å². The predicted molar refractivity (Wildman–Crippen MR) is 52.9 cm³/mol. The molecular weight excluding hydrogens is 186 g/mol. The Balaban J connectivity index is 3.81. The van der Waals surface area contributed by atoms with Crippen molar-refractivity contribution in [1.29, 1.82) is 0 Å². The Morgan fingerprint density at radius 3 is 2.50 bits per heavy atom. The molecule has 6 nitrogen and oxygen atoms in total. The number of carbonyl (C=O) groups excluding carboxylic acids is 1. The number of amidine groups is 1. The lowest BCUT2D eigenvalue weighted by Gasteiger charge is -2.19. The SMILES string of the molecule is CO/N=C(\N)CNC(=O)OC(C)(C)C. The van der Waals surface area contributed by atoms with Crippen LogP contribution in [-0.2, 0) is 9.57 Å². The summed E-state index contributed by atoms with van der Waals surface area (Å²) in [5, 5.41) is 5.84. The van der Waals surface area contributed by atoms with Crippen molar-refractivity contribution in [2.24, 2.45) is 10.9 Å². The van der Waals surface area contributed by atoms with E-state index in [4.69, 9.17) is 10.5 Å². The third-order valence-corrected chi connectivity index (χ3v) is 1.02. The summed E-state index contributed by atoms with van der Waals surface area (Å²) in [7, 11) is 1.38. The van der Waals surface area contributed by atoms with E-state index in [1.54, 1.807) is 20.8 Å². The molecule has 82 valence electrons. The van der Waals surface area contributed by atoms with Gasteiger partial charge in [0, 0.05) is 0 Å². The van der Waals surface area contributed by atoms with E-state index in [9.17, 15) is 4.79 Å². The average Bonchev–Trinajstić information content (AvgIpc) is 1.98. The molecule has 3 N–H and O–H groups in total. The second-order valence-corrected chi connectivity index (χ2v) is 3.62. The zero-order valence-corrected chi connectivity index (χ0v) is 8.96. The molecule has 0 atom stereocenters. The van der Waals surface area contributed by atoms with Crippen LogP contribution in [0.25, 0.3) is 0 Å². The van der Waals surface area contributed by atoms with Crippen LogP contribution in [-0.4, -0.2) is 31.2 Å². The highest BCUT2D eigenvalue weighted by molar-refractivity contribution is 5.85. The van der Waals surface area contributed by atoms with E-state index in [1.165, 1.54) is 7.11 Å². The molecule has 0 aromatic rings. The van der Waals surface area contributed by atoms with Gasteiger partial charge in [-0.15, -0.1) is 0 Å². The molecule has 1 amide bonds. The molecule has 0 aliphatic rings. The van der Waals surface area contributed by atoms with Gasteiger partial charge in [-0.25, -0.2) is 4.79 Å². The maximum Gasteiger partial charge on any atom is 0.408 e. The molecule has 6 heteroatoms. The monoisotopic (exact) mass is 203 g/mol. The Kier molecular flexibility index (Phi) is 4.76. The van der Waals surface area contributed by atoms with Crippen LogP contribution in [0, 0.1) is 0 Å². The van der Waals surface area contributed by atoms with Crippen molar-refractivity contribution in [3.05, 3.63) is 0 Å². The smallest absolute Gasteiger partial charge is 0.408 e. The molecule has 0 saturated carbocycles. The van der Waals surface area contributed by atoms with Crippen molar-refractivity contribution in [2.75, 3.05) is 13.7 Å². The first kappa shape index (κ1) is 12.5. The lowest BCUT2D eigenvalue weighted by atomic mass is 10.2. The zero-order chi connectivity index (χ0) is 11.2. The Bertz CT molecular complexity index is 220. The highest BCUT2D eigenvalue weighted by Crippen LogP contribution is 2.05. The summed E-state index contributed by atoms with van der Waals surface area (Å²) < 4.78 is 4.96. The molecule has 0 unspecified atom stereocenters. The van der Waals surface area contributed by atoms with Crippen molar-refractivity contribution < 1.29 is 14.4 Å². The van der Waals surface area contributed by atoms with Crippen molar-refractivity contribution in [3.63, 3.8) is 0 Å². The third-order valence-electron chi connectivity index (χ3n) is 1.02. The van der Waals surface area contributed by atoms with Gasteiger partial charge in [-0.2, -0.15) is 0 Å². The Hall–Kier alpha value is -1.46. The van der Waals surface area contributed by atoms with Gasteiger partial charge in [0.25, 0.3) is 0 Å². The number of hydrogen-bond donors (Lipinski definition) is 2. The van der Waals surface area contributed by atoms with Gasteiger partial charge in [-0.1, -0.05) is 5.16 Å². The second kappa shape index (κ2) is 5.31. The molecule has 0 spiro atoms. The maximum atomic E-state index is 11.1. The van der Waals surface area contributed by atoms with E-state index in [-0.39, 0.29) is 12.4 Å². The number of alkyl carbamates (subject to hydrolysis) is 1. The van der Waals surface area contributed by atoms with Gasteiger partial charge in [-0.05, 0) is 20.8 Å². The van der Waals surface area contributed by atoms with Crippen molar-refractivity contribution in [2.45, 2.75) is 26.4 Å². The number of amides is 1. The van der Waals surface area contributed by atoms with Crippen LogP contribution in [0.1, 0.15) is 20.8 Å². The van der Waals surface area contributed by atoms with Crippen molar-refractivity contribution >= 4 is 11.9 Å². The molecule has 0 aromatic heterocycles. The lowest BCUT2D eigenvalue weighted by molar-refractivity contribution is 0.0535. The minimum Gasteiger partial charge on any atom is -0.444 e. The molecule has 0 fully saturated rings. The van der Waals surface area contributed by atoms with Crippen molar-refractivity contribution in [3.8, 4) is 0 Å². The standard InChI is InChI=1S/C8H17N3O3/c1-8(2,3)14-7(12)10-5-6(9)11-13-4/h5H2,1-4H3,(H2,9,11)(H,10,12). The number of hydrogen-bond acceptors (Lipinski definition) is 4. The summed E-state index contributed by atoms with van der Waals surface area (Å²) in [6.45, 7) is 5.43. The number of nitrogens with two attached hydrogens (primary N) is 1. The molecule has 0 radical (unpaired) electrons. The van der Waals surface area contributed by atoms with Crippen LogP contribution >= 0.6 is 0 Å². The number of oxime groups is 1. The minimum absolute atomic E-state index is 0.1000. The van der Waals surface area contributed by atoms with Gasteiger partial charge in [0.1, 0.15) is 12.7 Å². The van der Waals surface area contributed by atoms with E-state index >= 15 is 0 Å². The molecular formula is C8H17N3O3. The zero-order valence-electron chi connectivity index (χ0n) is 8.96. The minimum atomic E-state index is -0.535. The molecule has 0 heterocycles.